The Morgan fingerprint density at radius 1 is 1.47 bits per heavy atom. The Morgan fingerprint density at radius 3 is 2.94 bits per heavy atom. The summed E-state index contributed by atoms with van der Waals surface area (Å²) in [6.45, 7) is 0.0254. The van der Waals surface area contributed by atoms with Crippen LogP contribution in [0.25, 0.3) is 5.65 Å². The van der Waals surface area contributed by atoms with E-state index in [1.807, 2.05) is 28.8 Å². The maximum Gasteiger partial charge on any atom is 0.153 e. The van der Waals surface area contributed by atoms with Gasteiger partial charge in [0.25, 0.3) is 0 Å². The van der Waals surface area contributed by atoms with Gasteiger partial charge in [-0.25, -0.2) is 4.98 Å². The fourth-order valence-electron chi connectivity index (χ4n) is 2.41. The van der Waals surface area contributed by atoms with Gasteiger partial charge in [0, 0.05) is 19.3 Å². The van der Waals surface area contributed by atoms with Crippen molar-refractivity contribution in [2.24, 2.45) is 0 Å². The van der Waals surface area contributed by atoms with Crippen molar-refractivity contribution in [2.45, 2.75) is 31.9 Å². The van der Waals surface area contributed by atoms with Crippen LogP contribution in [-0.2, 0) is 6.61 Å². The van der Waals surface area contributed by atoms with E-state index in [1.165, 1.54) is 19.3 Å². The monoisotopic (exact) mass is 231 g/mol. The molecule has 0 bridgehead atoms. The summed E-state index contributed by atoms with van der Waals surface area (Å²) in [7, 11) is 2.07. The first-order valence-corrected chi connectivity index (χ1v) is 6.11. The first-order valence-electron chi connectivity index (χ1n) is 6.11. The summed E-state index contributed by atoms with van der Waals surface area (Å²) in [5.74, 6) is 0.920. The summed E-state index contributed by atoms with van der Waals surface area (Å²) < 4.78 is 1.96. The average molecular weight is 231 g/mol. The minimum atomic E-state index is 0.0254. The van der Waals surface area contributed by atoms with E-state index in [0.29, 0.717) is 6.04 Å². The summed E-state index contributed by atoms with van der Waals surface area (Å²) in [5.41, 5.74) is 1.78. The summed E-state index contributed by atoms with van der Waals surface area (Å²) in [5, 5.41) is 9.54. The number of nitrogens with zero attached hydrogens (tertiary/aromatic N) is 3. The Morgan fingerprint density at radius 2 is 2.29 bits per heavy atom. The minimum absolute atomic E-state index is 0.0254. The second kappa shape index (κ2) is 4.04. The summed E-state index contributed by atoms with van der Waals surface area (Å²) in [6.07, 6.45) is 5.72. The number of aliphatic hydroxyl groups is 1. The van der Waals surface area contributed by atoms with Crippen LogP contribution in [0.4, 0.5) is 5.82 Å². The molecule has 3 rings (SSSR count). The smallest absolute Gasteiger partial charge is 0.153 e. The average Bonchev–Trinajstić information content (AvgIpc) is 2.64. The third-order valence-corrected chi connectivity index (χ3v) is 3.71. The molecule has 0 aromatic carbocycles. The van der Waals surface area contributed by atoms with Crippen molar-refractivity contribution in [1.29, 1.82) is 0 Å². The number of aliphatic hydroxyl groups excluding tert-OH is 1. The van der Waals surface area contributed by atoms with Crippen LogP contribution in [0.3, 0.4) is 0 Å². The van der Waals surface area contributed by atoms with E-state index in [-0.39, 0.29) is 6.61 Å². The highest BCUT2D eigenvalue weighted by Gasteiger charge is 2.26. The van der Waals surface area contributed by atoms with E-state index in [2.05, 4.69) is 16.9 Å². The molecule has 2 aromatic rings. The van der Waals surface area contributed by atoms with E-state index in [9.17, 15) is 5.11 Å². The normalized spacial score (nSPS) is 16.1. The van der Waals surface area contributed by atoms with Gasteiger partial charge in [0.15, 0.2) is 5.82 Å². The minimum Gasteiger partial charge on any atom is -0.390 e. The molecule has 0 atom stereocenters. The molecular weight excluding hydrogens is 214 g/mol. The zero-order valence-corrected chi connectivity index (χ0v) is 10.0. The van der Waals surface area contributed by atoms with Gasteiger partial charge >= 0.3 is 0 Å². The summed E-state index contributed by atoms with van der Waals surface area (Å²) in [4.78, 5) is 6.83. The van der Waals surface area contributed by atoms with Crippen molar-refractivity contribution in [2.75, 3.05) is 11.9 Å². The van der Waals surface area contributed by atoms with Crippen molar-refractivity contribution in [3.05, 3.63) is 30.1 Å². The van der Waals surface area contributed by atoms with Gasteiger partial charge in [0.05, 0.1) is 12.3 Å². The molecule has 0 unspecified atom stereocenters. The highest BCUT2D eigenvalue weighted by Crippen LogP contribution is 2.30. The van der Waals surface area contributed by atoms with E-state index < -0.39 is 0 Å². The van der Waals surface area contributed by atoms with Crippen LogP contribution < -0.4 is 4.90 Å². The molecule has 4 heteroatoms. The second-order valence-corrected chi connectivity index (χ2v) is 4.66. The molecule has 1 aliphatic rings. The number of aromatic nitrogens is 2. The van der Waals surface area contributed by atoms with E-state index in [4.69, 9.17) is 0 Å². The van der Waals surface area contributed by atoms with Gasteiger partial charge < -0.3 is 10.0 Å². The predicted molar refractivity (Wildman–Crippen MR) is 67.2 cm³/mol. The van der Waals surface area contributed by atoms with Crippen LogP contribution in [0.2, 0.25) is 0 Å². The standard InChI is InChI=1S/C13H17N3O/c1-15(10-5-4-6-10)13-11(9-17)16-8-3-2-7-12(16)14-13/h2-3,7-8,10,17H,4-6,9H2,1H3. The van der Waals surface area contributed by atoms with Gasteiger partial charge in [-0.15, -0.1) is 0 Å². The van der Waals surface area contributed by atoms with Gasteiger partial charge in [0.2, 0.25) is 0 Å². The first-order chi connectivity index (χ1) is 8.31. The Balaban J connectivity index is 2.08. The molecule has 0 amide bonds. The van der Waals surface area contributed by atoms with Crippen LogP contribution in [0.5, 0.6) is 0 Å². The third kappa shape index (κ3) is 1.60. The van der Waals surface area contributed by atoms with Gasteiger partial charge in [-0.3, -0.25) is 4.40 Å². The van der Waals surface area contributed by atoms with Crippen LogP contribution >= 0.6 is 0 Å². The van der Waals surface area contributed by atoms with E-state index >= 15 is 0 Å². The molecule has 1 saturated carbocycles. The van der Waals surface area contributed by atoms with Crippen molar-refractivity contribution in [3.63, 3.8) is 0 Å². The van der Waals surface area contributed by atoms with Gasteiger partial charge in [-0.05, 0) is 31.4 Å². The molecule has 1 aliphatic carbocycles. The highest BCUT2D eigenvalue weighted by molar-refractivity contribution is 5.56. The molecule has 0 saturated heterocycles. The number of fused-ring (bicyclic) bond motifs is 1. The fraction of sp³-hybridized carbons (Fsp3) is 0.462. The summed E-state index contributed by atoms with van der Waals surface area (Å²) >= 11 is 0. The maximum atomic E-state index is 9.54. The lowest BCUT2D eigenvalue weighted by molar-refractivity contribution is 0.275. The Kier molecular flexibility index (Phi) is 2.52. The predicted octanol–water partition coefficient (Wildman–Crippen LogP) is 1.82. The fourth-order valence-corrected chi connectivity index (χ4v) is 2.41. The Bertz CT molecular complexity index is 530. The van der Waals surface area contributed by atoms with Crippen molar-refractivity contribution in [3.8, 4) is 0 Å². The van der Waals surface area contributed by atoms with Crippen LogP contribution in [0.15, 0.2) is 24.4 Å². The largest absolute Gasteiger partial charge is 0.390 e. The van der Waals surface area contributed by atoms with E-state index in [1.54, 1.807) is 0 Å². The molecule has 0 aliphatic heterocycles. The zero-order chi connectivity index (χ0) is 11.8. The Labute approximate surface area is 101 Å². The molecule has 0 spiro atoms. The van der Waals surface area contributed by atoms with Gasteiger partial charge in [-0.2, -0.15) is 0 Å². The van der Waals surface area contributed by atoms with Crippen molar-refractivity contribution < 1.29 is 5.11 Å². The number of hydrogen-bond donors (Lipinski definition) is 1. The van der Waals surface area contributed by atoms with Gasteiger partial charge in [-0.1, -0.05) is 6.07 Å². The van der Waals surface area contributed by atoms with Crippen molar-refractivity contribution >= 4 is 11.5 Å². The lowest BCUT2D eigenvalue weighted by atomic mass is 9.92. The zero-order valence-electron chi connectivity index (χ0n) is 10.0. The van der Waals surface area contributed by atoms with Crippen LogP contribution in [0, 0.1) is 0 Å². The second-order valence-electron chi connectivity index (χ2n) is 4.66. The maximum absolute atomic E-state index is 9.54. The molecule has 2 heterocycles. The number of imidazole rings is 1. The molecule has 1 fully saturated rings. The van der Waals surface area contributed by atoms with Crippen LogP contribution in [-0.4, -0.2) is 27.6 Å². The molecule has 1 N–H and O–H groups in total. The topological polar surface area (TPSA) is 40.8 Å². The molecule has 90 valence electrons. The number of rotatable bonds is 3. The lowest BCUT2D eigenvalue weighted by Gasteiger charge is -2.35. The quantitative estimate of drug-likeness (QED) is 0.876. The van der Waals surface area contributed by atoms with E-state index in [0.717, 1.165) is 17.2 Å². The number of hydrogen-bond acceptors (Lipinski definition) is 3. The molecule has 2 aromatic heterocycles. The SMILES string of the molecule is CN(c1nc2ccccn2c1CO)C1CCC1. The number of anilines is 1. The highest BCUT2D eigenvalue weighted by atomic mass is 16.3. The molecular formula is C13H17N3O. The van der Waals surface area contributed by atoms with Crippen molar-refractivity contribution in [1.82, 2.24) is 9.38 Å². The lowest BCUT2D eigenvalue weighted by Crippen LogP contribution is -2.37. The Hall–Kier alpha value is -1.55. The molecule has 17 heavy (non-hydrogen) atoms. The molecule has 0 radical (unpaired) electrons. The first kappa shape index (κ1) is 10.6. The van der Waals surface area contributed by atoms with Gasteiger partial charge in [0.1, 0.15) is 5.65 Å². The number of pyridine rings is 1. The third-order valence-electron chi connectivity index (χ3n) is 3.71. The molecule has 4 nitrogen and oxygen atoms in total. The summed E-state index contributed by atoms with van der Waals surface area (Å²) in [6, 6.07) is 6.49. The van der Waals surface area contributed by atoms with Crippen LogP contribution in [0.1, 0.15) is 25.0 Å².